The number of ether oxygens (including phenoxy) is 3. The maximum atomic E-state index is 13.5. The molecule has 3 aromatic rings. The van der Waals surface area contributed by atoms with Gasteiger partial charge in [-0.2, -0.15) is 0 Å². The molecule has 0 saturated carbocycles. The van der Waals surface area contributed by atoms with E-state index in [1.807, 2.05) is 55.5 Å². The molecule has 5 rings (SSSR count). The first-order valence-electron chi connectivity index (χ1n) is 10.0. The van der Waals surface area contributed by atoms with Gasteiger partial charge in [-0.1, -0.05) is 29.5 Å². The molecule has 32 heavy (non-hydrogen) atoms. The first kappa shape index (κ1) is 20.3. The highest BCUT2D eigenvalue weighted by Crippen LogP contribution is 2.33. The van der Waals surface area contributed by atoms with Crippen molar-refractivity contribution in [3.8, 4) is 17.2 Å². The van der Waals surface area contributed by atoms with Gasteiger partial charge in [0.1, 0.15) is 5.75 Å². The molecule has 1 atom stereocenters. The van der Waals surface area contributed by atoms with Crippen molar-refractivity contribution >= 4 is 23.2 Å². The first-order chi connectivity index (χ1) is 15.5. The van der Waals surface area contributed by atoms with Gasteiger partial charge in [0.25, 0.3) is 5.56 Å². The SMILES string of the molecule is COc1ccc([C@H]2C(C(C)=O)=C(C)N=c3sc(=Cc4ccc5c(c4)OCO5)c(=O)n32)cc1. The summed E-state index contributed by atoms with van der Waals surface area (Å²) in [6.45, 7) is 3.50. The summed E-state index contributed by atoms with van der Waals surface area (Å²) in [5.41, 5.74) is 2.58. The highest BCUT2D eigenvalue weighted by atomic mass is 32.1. The molecule has 2 aliphatic heterocycles. The molecule has 0 bridgehead atoms. The summed E-state index contributed by atoms with van der Waals surface area (Å²) in [4.78, 5) is 31.2. The van der Waals surface area contributed by atoms with Gasteiger partial charge in [0, 0.05) is 11.3 Å². The molecule has 2 aliphatic rings. The number of benzene rings is 2. The number of methoxy groups -OCH3 is 1. The van der Waals surface area contributed by atoms with Gasteiger partial charge in [0.2, 0.25) is 6.79 Å². The molecule has 0 aliphatic carbocycles. The van der Waals surface area contributed by atoms with Gasteiger partial charge in [-0.3, -0.25) is 14.2 Å². The largest absolute Gasteiger partial charge is 0.497 e. The van der Waals surface area contributed by atoms with E-state index >= 15 is 0 Å². The first-order valence-corrected chi connectivity index (χ1v) is 10.8. The third-order valence-corrected chi connectivity index (χ3v) is 6.51. The van der Waals surface area contributed by atoms with Crippen molar-refractivity contribution in [3.05, 3.63) is 84.5 Å². The predicted molar refractivity (Wildman–Crippen MR) is 120 cm³/mol. The summed E-state index contributed by atoms with van der Waals surface area (Å²) in [6.07, 6.45) is 1.81. The quantitative estimate of drug-likeness (QED) is 0.613. The predicted octanol–water partition coefficient (Wildman–Crippen LogP) is 2.56. The van der Waals surface area contributed by atoms with Crippen molar-refractivity contribution in [2.75, 3.05) is 13.9 Å². The van der Waals surface area contributed by atoms with E-state index in [-0.39, 0.29) is 18.1 Å². The highest BCUT2D eigenvalue weighted by molar-refractivity contribution is 7.07. The molecule has 0 N–H and O–H groups in total. The second-order valence-corrected chi connectivity index (χ2v) is 8.53. The van der Waals surface area contributed by atoms with E-state index < -0.39 is 6.04 Å². The maximum absolute atomic E-state index is 13.5. The lowest BCUT2D eigenvalue weighted by atomic mass is 9.93. The van der Waals surface area contributed by atoms with E-state index in [0.29, 0.717) is 37.9 Å². The minimum atomic E-state index is -0.548. The Balaban J connectivity index is 1.69. The average Bonchev–Trinajstić information content (AvgIpc) is 3.36. The Kier molecular flexibility index (Phi) is 4.94. The van der Waals surface area contributed by atoms with E-state index in [4.69, 9.17) is 14.2 Å². The fraction of sp³-hybridized carbons (Fsp3) is 0.208. The van der Waals surface area contributed by atoms with Crippen molar-refractivity contribution in [1.29, 1.82) is 0 Å². The van der Waals surface area contributed by atoms with Crippen molar-refractivity contribution in [1.82, 2.24) is 4.57 Å². The number of allylic oxidation sites excluding steroid dienone is 2. The molecule has 7 nitrogen and oxygen atoms in total. The lowest BCUT2D eigenvalue weighted by molar-refractivity contribution is -0.114. The number of fused-ring (bicyclic) bond motifs is 2. The number of nitrogens with zero attached hydrogens (tertiary/aromatic N) is 2. The Morgan fingerprint density at radius 2 is 1.94 bits per heavy atom. The molecular formula is C24H20N2O5S. The van der Waals surface area contributed by atoms with Crippen LogP contribution in [0.1, 0.15) is 31.0 Å². The van der Waals surface area contributed by atoms with Crippen LogP contribution < -0.4 is 29.1 Å². The van der Waals surface area contributed by atoms with Gasteiger partial charge < -0.3 is 14.2 Å². The summed E-state index contributed by atoms with van der Waals surface area (Å²) in [6, 6.07) is 12.4. The van der Waals surface area contributed by atoms with Gasteiger partial charge in [0.15, 0.2) is 22.1 Å². The van der Waals surface area contributed by atoms with E-state index in [2.05, 4.69) is 4.99 Å². The number of hydrogen-bond acceptors (Lipinski definition) is 7. The fourth-order valence-corrected chi connectivity index (χ4v) is 5.07. The number of carbonyl (C=O) groups is 1. The minimum Gasteiger partial charge on any atom is -0.497 e. The smallest absolute Gasteiger partial charge is 0.271 e. The third-order valence-electron chi connectivity index (χ3n) is 5.53. The number of rotatable bonds is 4. The average molecular weight is 449 g/mol. The van der Waals surface area contributed by atoms with Crippen LogP contribution in [0.25, 0.3) is 6.08 Å². The highest BCUT2D eigenvalue weighted by Gasteiger charge is 2.30. The van der Waals surface area contributed by atoms with E-state index in [9.17, 15) is 9.59 Å². The molecule has 0 spiro atoms. The molecule has 2 aromatic carbocycles. The van der Waals surface area contributed by atoms with Crippen LogP contribution in [0, 0.1) is 0 Å². The van der Waals surface area contributed by atoms with Crippen LogP contribution >= 0.6 is 11.3 Å². The van der Waals surface area contributed by atoms with Gasteiger partial charge in [-0.05, 0) is 55.3 Å². The maximum Gasteiger partial charge on any atom is 0.271 e. The summed E-state index contributed by atoms with van der Waals surface area (Å²) < 4.78 is 18.2. The van der Waals surface area contributed by atoms with Crippen LogP contribution in [0.15, 0.2) is 63.5 Å². The molecule has 3 heterocycles. The van der Waals surface area contributed by atoms with Gasteiger partial charge >= 0.3 is 0 Å². The van der Waals surface area contributed by atoms with Crippen LogP contribution in [0.2, 0.25) is 0 Å². The fourth-order valence-electron chi connectivity index (χ4n) is 4.03. The Bertz CT molecular complexity index is 1450. The van der Waals surface area contributed by atoms with Gasteiger partial charge in [-0.25, -0.2) is 4.99 Å². The zero-order valence-corrected chi connectivity index (χ0v) is 18.6. The number of aromatic nitrogens is 1. The normalized spacial score (nSPS) is 17.2. The molecule has 8 heteroatoms. The molecule has 0 unspecified atom stereocenters. The van der Waals surface area contributed by atoms with Crippen LogP contribution in [-0.2, 0) is 4.79 Å². The summed E-state index contributed by atoms with van der Waals surface area (Å²) in [5, 5.41) is 0. The monoisotopic (exact) mass is 448 g/mol. The molecule has 0 radical (unpaired) electrons. The number of thiazole rings is 1. The molecule has 0 amide bonds. The Morgan fingerprint density at radius 3 is 2.66 bits per heavy atom. The van der Waals surface area contributed by atoms with Gasteiger partial charge in [-0.15, -0.1) is 0 Å². The Morgan fingerprint density at radius 1 is 1.19 bits per heavy atom. The molecule has 162 valence electrons. The topological polar surface area (TPSA) is 79.1 Å². The Labute approximate surface area is 187 Å². The molecule has 0 fully saturated rings. The zero-order chi connectivity index (χ0) is 22.4. The van der Waals surface area contributed by atoms with Crippen molar-refractivity contribution in [2.24, 2.45) is 4.99 Å². The summed E-state index contributed by atoms with van der Waals surface area (Å²) in [5.74, 6) is 1.92. The molecular weight excluding hydrogens is 428 g/mol. The van der Waals surface area contributed by atoms with E-state index in [0.717, 1.165) is 11.1 Å². The minimum absolute atomic E-state index is 0.114. The number of ketones is 1. The van der Waals surface area contributed by atoms with E-state index in [1.54, 1.807) is 11.7 Å². The number of carbonyl (C=O) groups excluding carboxylic acids is 1. The van der Waals surface area contributed by atoms with Crippen molar-refractivity contribution in [3.63, 3.8) is 0 Å². The second kappa shape index (κ2) is 7.80. The number of Topliss-reactive ketones (excluding diaryl/α,β-unsaturated/α-hetero) is 1. The van der Waals surface area contributed by atoms with Crippen molar-refractivity contribution < 1.29 is 19.0 Å². The van der Waals surface area contributed by atoms with Crippen LogP contribution in [0.4, 0.5) is 0 Å². The lowest BCUT2D eigenvalue weighted by Gasteiger charge is -2.24. The van der Waals surface area contributed by atoms with Crippen LogP contribution in [0.3, 0.4) is 0 Å². The Hall–Kier alpha value is -3.65. The van der Waals surface area contributed by atoms with E-state index in [1.165, 1.54) is 18.3 Å². The zero-order valence-electron chi connectivity index (χ0n) is 17.7. The van der Waals surface area contributed by atoms with Crippen LogP contribution in [0.5, 0.6) is 17.2 Å². The lowest BCUT2D eigenvalue weighted by Crippen LogP contribution is -2.39. The summed E-state index contributed by atoms with van der Waals surface area (Å²) in [7, 11) is 1.60. The molecule has 1 aromatic heterocycles. The van der Waals surface area contributed by atoms with Crippen molar-refractivity contribution in [2.45, 2.75) is 19.9 Å². The standard InChI is InChI=1S/C24H20N2O5S/c1-13-21(14(2)27)22(16-5-7-17(29-3)8-6-16)26-23(28)20(32-24(26)25-13)11-15-4-9-18-19(10-15)31-12-30-18/h4-11,22H,12H2,1-3H3/t22-/m0/s1. The third kappa shape index (κ3) is 3.33. The van der Waals surface area contributed by atoms with Gasteiger partial charge in [0.05, 0.1) is 17.7 Å². The number of hydrogen-bond donors (Lipinski definition) is 0. The van der Waals surface area contributed by atoms with Crippen LogP contribution in [-0.4, -0.2) is 24.3 Å². The summed E-state index contributed by atoms with van der Waals surface area (Å²) >= 11 is 1.30. The molecule has 0 saturated heterocycles. The second-order valence-electron chi connectivity index (χ2n) is 7.52.